The highest BCUT2D eigenvalue weighted by Crippen LogP contribution is 2.27. The van der Waals surface area contributed by atoms with Crippen molar-refractivity contribution in [3.63, 3.8) is 0 Å². The monoisotopic (exact) mass is 327 g/mol. The molecule has 0 spiro atoms. The maximum Gasteiger partial charge on any atom is 0.160 e. The number of phenols is 1. The zero-order chi connectivity index (χ0) is 17.4. The van der Waals surface area contributed by atoms with Crippen LogP contribution in [0.25, 0.3) is 0 Å². The Hall–Kier alpha value is -2.49. The maximum atomic E-state index is 10.0. The molecule has 0 heterocycles. The molecule has 0 atom stereocenters. The van der Waals surface area contributed by atoms with Crippen LogP contribution in [0.2, 0.25) is 0 Å². The summed E-state index contributed by atoms with van der Waals surface area (Å²) < 4.78 is 10.6. The highest BCUT2D eigenvalue weighted by atomic mass is 16.5. The maximum absolute atomic E-state index is 10.0. The van der Waals surface area contributed by atoms with Crippen molar-refractivity contribution >= 4 is 5.71 Å². The van der Waals surface area contributed by atoms with E-state index in [4.69, 9.17) is 14.5 Å². The summed E-state index contributed by atoms with van der Waals surface area (Å²) >= 11 is 0. The molecular formula is C20H25NO3. The smallest absolute Gasteiger partial charge is 0.160 e. The fraction of sp³-hybridized carbons (Fsp3) is 0.350. The van der Waals surface area contributed by atoms with Crippen molar-refractivity contribution in [2.24, 2.45) is 4.99 Å². The third-order valence-corrected chi connectivity index (χ3v) is 3.85. The molecule has 0 fully saturated rings. The molecule has 2 rings (SSSR count). The lowest BCUT2D eigenvalue weighted by Gasteiger charge is -2.10. The van der Waals surface area contributed by atoms with Crippen molar-refractivity contribution in [2.75, 3.05) is 20.8 Å². The van der Waals surface area contributed by atoms with Gasteiger partial charge in [0.2, 0.25) is 0 Å². The van der Waals surface area contributed by atoms with Crippen molar-refractivity contribution in [1.82, 2.24) is 0 Å². The SMILES string of the molecule is CCCC(=NCCc1ccc(OC)c(OC)c1)c1ccccc1O. The second-order valence-electron chi connectivity index (χ2n) is 5.53. The van der Waals surface area contributed by atoms with Gasteiger partial charge in [-0.25, -0.2) is 0 Å². The van der Waals surface area contributed by atoms with Crippen LogP contribution in [-0.4, -0.2) is 31.6 Å². The van der Waals surface area contributed by atoms with Crippen LogP contribution in [0.5, 0.6) is 17.2 Å². The molecule has 128 valence electrons. The predicted molar refractivity (Wildman–Crippen MR) is 97.7 cm³/mol. The Morgan fingerprint density at radius 3 is 2.46 bits per heavy atom. The molecule has 0 saturated heterocycles. The van der Waals surface area contributed by atoms with Crippen molar-refractivity contribution in [2.45, 2.75) is 26.2 Å². The predicted octanol–water partition coefficient (Wildman–Crippen LogP) is 4.24. The van der Waals surface area contributed by atoms with Gasteiger partial charge in [0, 0.05) is 17.8 Å². The molecule has 2 aromatic rings. The summed E-state index contributed by atoms with van der Waals surface area (Å²) in [6.07, 6.45) is 2.65. The van der Waals surface area contributed by atoms with E-state index in [2.05, 4.69) is 6.92 Å². The van der Waals surface area contributed by atoms with Crippen LogP contribution in [0.4, 0.5) is 0 Å². The molecule has 0 amide bonds. The van der Waals surface area contributed by atoms with Crippen LogP contribution in [-0.2, 0) is 6.42 Å². The first-order chi connectivity index (χ1) is 11.7. The normalized spacial score (nSPS) is 11.4. The van der Waals surface area contributed by atoms with Crippen molar-refractivity contribution in [1.29, 1.82) is 0 Å². The Labute approximate surface area is 143 Å². The summed E-state index contributed by atoms with van der Waals surface area (Å²) in [6.45, 7) is 2.78. The Kier molecular flexibility index (Phi) is 6.67. The average Bonchev–Trinajstić information content (AvgIpc) is 2.61. The molecule has 4 heteroatoms. The van der Waals surface area contributed by atoms with Crippen LogP contribution in [0.15, 0.2) is 47.5 Å². The number of hydrogen-bond acceptors (Lipinski definition) is 4. The van der Waals surface area contributed by atoms with Gasteiger partial charge in [0.05, 0.1) is 14.2 Å². The lowest BCUT2D eigenvalue weighted by Crippen LogP contribution is -2.03. The van der Waals surface area contributed by atoms with Crippen molar-refractivity contribution < 1.29 is 14.6 Å². The van der Waals surface area contributed by atoms with E-state index < -0.39 is 0 Å². The Bertz CT molecular complexity index is 695. The van der Waals surface area contributed by atoms with Crippen LogP contribution in [0.1, 0.15) is 30.9 Å². The molecular weight excluding hydrogens is 302 g/mol. The number of phenolic OH excluding ortho intramolecular Hbond substituents is 1. The van der Waals surface area contributed by atoms with Gasteiger partial charge in [0.25, 0.3) is 0 Å². The number of aliphatic imine (C=N–C) groups is 1. The number of rotatable bonds is 8. The van der Waals surface area contributed by atoms with E-state index in [1.165, 1.54) is 0 Å². The highest BCUT2D eigenvalue weighted by Gasteiger charge is 2.08. The average molecular weight is 327 g/mol. The molecule has 1 N–H and O–H groups in total. The second kappa shape index (κ2) is 8.96. The van der Waals surface area contributed by atoms with E-state index in [0.29, 0.717) is 6.54 Å². The molecule has 0 saturated carbocycles. The zero-order valence-electron chi connectivity index (χ0n) is 14.6. The molecule has 0 aromatic heterocycles. The van der Waals surface area contributed by atoms with Crippen LogP contribution in [0.3, 0.4) is 0 Å². The molecule has 0 radical (unpaired) electrons. The molecule has 0 aliphatic carbocycles. The van der Waals surface area contributed by atoms with Crippen molar-refractivity contribution in [3.8, 4) is 17.2 Å². The first kappa shape index (κ1) is 17.9. The van der Waals surface area contributed by atoms with Gasteiger partial charge in [0.1, 0.15) is 5.75 Å². The van der Waals surface area contributed by atoms with Crippen molar-refractivity contribution in [3.05, 3.63) is 53.6 Å². The highest BCUT2D eigenvalue weighted by molar-refractivity contribution is 6.02. The number of para-hydroxylation sites is 1. The number of benzene rings is 2. The van der Waals surface area contributed by atoms with Gasteiger partial charge >= 0.3 is 0 Å². The molecule has 0 bridgehead atoms. The Morgan fingerprint density at radius 1 is 1.04 bits per heavy atom. The molecule has 0 aliphatic heterocycles. The van der Waals surface area contributed by atoms with Crippen LogP contribution < -0.4 is 9.47 Å². The Balaban J connectivity index is 2.12. The van der Waals surface area contributed by atoms with Gasteiger partial charge in [-0.1, -0.05) is 31.5 Å². The Morgan fingerprint density at radius 2 is 1.79 bits per heavy atom. The summed E-state index contributed by atoms with van der Waals surface area (Å²) in [5.41, 5.74) is 2.92. The van der Waals surface area contributed by atoms with Gasteiger partial charge in [0.15, 0.2) is 11.5 Å². The quantitative estimate of drug-likeness (QED) is 0.738. The minimum atomic E-state index is 0.288. The van der Waals surface area contributed by atoms with Gasteiger partial charge in [-0.2, -0.15) is 0 Å². The minimum absolute atomic E-state index is 0.288. The largest absolute Gasteiger partial charge is 0.507 e. The summed E-state index contributed by atoms with van der Waals surface area (Å²) in [7, 11) is 3.27. The molecule has 2 aromatic carbocycles. The van der Waals surface area contributed by atoms with E-state index in [0.717, 1.165) is 47.6 Å². The first-order valence-electron chi connectivity index (χ1n) is 8.22. The van der Waals surface area contributed by atoms with Gasteiger partial charge in [-0.05, 0) is 42.7 Å². The lowest BCUT2D eigenvalue weighted by atomic mass is 10.0. The van der Waals surface area contributed by atoms with Crippen LogP contribution >= 0.6 is 0 Å². The summed E-state index contributed by atoms with van der Waals surface area (Å²) in [4.78, 5) is 4.72. The van der Waals surface area contributed by atoms with E-state index in [1.54, 1.807) is 20.3 Å². The topological polar surface area (TPSA) is 51.0 Å². The standard InChI is InChI=1S/C20H25NO3/c1-4-7-17(16-8-5-6-9-18(16)22)21-13-12-15-10-11-19(23-2)20(14-15)24-3/h5-6,8-11,14,22H,4,7,12-13H2,1-3H3. The molecule has 24 heavy (non-hydrogen) atoms. The minimum Gasteiger partial charge on any atom is -0.507 e. The number of hydrogen-bond donors (Lipinski definition) is 1. The summed E-state index contributed by atoms with van der Waals surface area (Å²) in [6, 6.07) is 13.3. The fourth-order valence-corrected chi connectivity index (χ4v) is 2.61. The van der Waals surface area contributed by atoms with E-state index in [9.17, 15) is 5.11 Å². The first-order valence-corrected chi connectivity index (χ1v) is 8.22. The van der Waals surface area contributed by atoms with Crippen LogP contribution in [0, 0.1) is 0 Å². The van der Waals surface area contributed by atoms with E-state index >= 15 is 0 Å². The lowest BCUT2D eigenvalue weighted by molar-refractivity contribution is 0.354. The number of ether oxygens (including phenoxy) is 2. The fourth-order valence-electron chi connectivity index (χ4n) is 2.61. The zero-order valence-corrected chi connectivity index (χ0v) is 14.6. The van der Waals surface area contributed by atoms with E-state index in [1.807, 2.05) is 36.4 Å². The van der Waals surface area contributed by atoms with Gasteiger partial charge in [-0.3, -0.25) is 4.99 Å². The van der Waals surface area contributed by atoms with Gasteiger partial charge in [-0.15, -0.1) is 0 Å². The molecule has 4 nitrogen and oxygen atoms in total. The summed E-state index contributed by atoms with van der Waals surface area (Å²) in [5, 5.41) is 10.0. The number of nitrogens with zero attached hydrogens (tertiary/aromatic N) is 1. The molecule has 0 unspecified atom stereocenters. The second-order valence-corrected chi connectivity index (χ2v) is 5.53. The third-order valence-electron chi connectivity index (χ3n) is 3.85. The molecule has 0 aliphatic rings. The van der Waals surface area contributed by atoms with Gasteiger partial charge < -0.3 is 14.6 Å². The summed E-state index contributed by atoms with van der Waals surface area (Å²) in [5.74, 6) is 1.75. The third kappa shape index (κ3) is 4.51. The number of aromatic hydroxyl groups is 1. The van der Waals surface area contributed by atoms with E-state index in [-0.39, 0.29) is 5.75 Å². The number of methoxy groups -OCH3 is 2.